The van der Waals surface area contributed by atoms with Gasteiger partial charge in [0.2, 0.25) is 0 Å². The van der Waals surface area contributed by atoms with Crippen LogP contribution in [0.2, 0.25) is 0 Å². The van der Waals surface area contributed by atoms with Crippen molar-refractivity contribution in [1.29, 1.82) is 0 Å². The lowest BCUT2D eigenvalue weighted by Gasteiger charge is -2.10. The molecule has 0 amide bonds. The van der Waals surface area contributed by atoms with Gasteiger partial charge in [-0.1, -0.05) is 59.9 Å². The van der Waals surface area contributed by atoms with Crippen LogP contribution in [0.3, 0.4) is 0 Å². The molecular weight excluding hydrogens is 640 g/mol. The average Bonchev–Trinajstić information content (AvgIpc) is 3.12. The minimum Gasteiger partial charge on any atom is -0.491 e. The standard InChI is InChI=1S/C28H23FO4S2.C9H12O3/c29-26-16-20(28(32)19-4-2-1-3-5-19)6-15-27(26)35-25-13-11-24(12-14-25)34-23-9-7-22(8-10-23)33-18-21(31)17-30;10-6-8(11)7-12-9-4-2-1-3-5-9/h1-16,21,30-31H,17-18H2;1-5,8,10-11H,6-7H2/p+1. The summed E-state index contributed by atoms with van der Waals surface area (Å²) in [6, 6.07) is 38.3. The second-order valence-corrected chi connectivity index (χ2v) is 12.4. The minimum absolute atomic E-state index is 0.0396. The SMILES string of the molecule is OCC(O)COc1ccc(Sc2ccc(Sc3ccc(C(=[OH+])c4ccccc4)cc3F)cc2)cc1.OCC(O)COc1ccccc1. The Morgan fingerprint density at radius 2 is 1.06 bits per heavy atom. The number of benzene rings is 5. The van der Waals surface area contributed by atoms with E-state index in [-0.39, 0.29) is 38.0 Å². The number of aliphatic hydroxyl groups excluding tert-OH is 4. The van der Waals surface area contributed by atoms with Crippen LogP contribution in [0.4, 0.5) is 4.39 Å². The predicted octanol–water partition coefficient (Wildman–Crippen LogP) is 6.22. The molecule has 0 heterocycles. The van der Waals surface area contributed by atoms with E-state index in [1.54, 1.807) is 48.2 Å². The summed E-state index contributed by atoms with van der Waals surface area (Å²) in [4.78, 5) is 13.9. The summed E-state index contributed by atoms with van der Waals surface area (Å²) in [7, 11) is 0. The lowest BCUT2D eigenvalue weighted by molar-refractivity contribution is 0.0536. The van der Waals surface area contributed by atoms with Crippen molar-refractivity contribution in [3.05, 3.63) is 144 Å². The van der Waals surface area contributed by atoms with Crippen molar-refractivity contribution in [1.82, 2.24) is 0 Å². The third-order valence-electron chi connectivity index (χ3n) is 6.41. The molecule has 47 heavy (non-hydrogen) atoms. The molecule has 5 aromatic rings. The van der Waals surface area contributed by atoms with Crippen molar-refractivity contribution in [2.24, 2.45) is 0 Å². The van der Waals surface area contributed by atoms with E-state index < -0.39 is 12.2 Å². The molecule has 0 saturated carbocycles. The van der Waals surface area contributed by atoms with Crippen LogP contribution < -0.4 is 9.47 Å². The van der Waals surface area contributed by atoms with Gasteiger partial charge in [0.1, 0.15) is 42.7 Å². The monoisotopic (exact) mass is 675 g/mol. The zero-order valence-corrected chi connectivity index (χ0v) is 27.0. The largest absolute Gasteiger partial charge is 0.491 e. The molecule has 0 aliphatic carbocycles. The number of para-hydroxylation sites is 1. The normalized spacial score (nSPS) is 11.9. The number of hydrogen-bond donors (Lipinski definition) is 4. The lowest BCUT2D eigenvalue weighted by Crippen LogP contribution is -2.21. The van der Waals surface area contributed by atoms with Crippen LogP contribution in [-0.4, -0.2) is 69.6 Å². The fraction of sp³-hybridized carbons (Fsp3) is 0.162. The molecule has 2 unspecified atom stereocenters. The van der Waals surface area contributed by atoms with E-state index in [9.17, 15) is 14.3 Å². The molecule has 0 aliphatic rings. The van der Waals surface area contributed by atoms with Gasteiger partial charge in [-0.15, -0.1) is 0 Å². The number of hydrogen-bond acceptors (Lipinski definition) is 8. The van der Waals surface area contributed by atoms with Crippen LogP contribution in [0.5, 0.6) is 11.5 Å². The smallest absolute Gasteiger partial charge is 0.354 e. The van der Waals surface area contributed by atoms with Gasteiger partial charge in [-0.05, 0) is 91.0 Å². The maximum atomic E-state index is 14.7. The Kier molecular flexibility index (Phi) is 14.3. The van der Waals surface area contributed by atoms with Crippen LogP contribution >= 0.6 is 23.5 Å². The van der Waals surface area contributed by atoms with Gasteiger partial charge in [0.05, 0.1) is 24.3 Å². The fourth-order valence-electron chi connectivity index (χ4n) is 3.94. The zero-order chi connectivity index (χ0) is 33.4. The van der Waals surface area contributed by atoms with E-state index in [1.807, 2.05) is 84.9 Å². The summed E-state index contributed by atoms with van der Waals surface area (Å²) in [5.74, 6) is 0.980. The topological polar surface area (TPSA) is 121 Å². The van der Waals surface area contributed by atoms with Gasteiger partial charge in [-0.2, -0.15) is 0 Å². The van der Waals surface area contributed by atoms with Crippen molar-refractivity contribution in [2.45, 2.75) is 31.8 Å². The quantitative estimate of drug-likeness (QED) is 0.0809. The van der Waals surface area contributed by atoms with Crippen LogP contribution in [0.15, 0.2) is 147 Å². The summed E-state index contributed by atoms with van der Waals surface area (Å²) in [5.41, 5.74) is 1.08. The zero-order valence-electron chi connectivity index (χ0n) is 25.4. The van der Waals surface area contributed by atoms with E-state index in [0.717, 1.165) is 14.7 Å². The number of aliphatic hydroxyl groups is 4. The average molecular weight is 676 g/mol. The van der Waals surface area contributed by atoms with Crippen molar-refractivity contribution < 1.29 is 39.1 Å². The van der Waals surface area contributed by atoms with Crippen LogP contribution in [-0.2, 0) is 0 Å². The molecule has 0 aromatic heterocycles. The molecule has 7 nitrogen and oxygen atoms in total. The van der Waals surface area contributed by atoms with E-state index in [4.69, 9.17) is 24.8 Å². The van der Waals surface area contributed by atoms with E-state index >= 15 is 0 Å². The van der Waals surface area contributed by atoms with Gasteiger partial charge in [-0.3, -0.25) is 4.79 Å². The third kappa shape index (κ3) is 11.9. The van der Waals surface area contributed by atoms with E-state index in [2.05, 4.69) is 0 Å². The summed E-state index contributed by atoms with van der Waals surface area (Å²) < 4.78 is 25.3. The summed E-state index contributed by atoms with van der Waals surface area (Å²) in [6.07, 6.45) is -1.70. The number of ether oxygens (including phenoxy) is 2. The van der Waals surface area contributed by atoms with Gasteiger partial charge in [0, 0.05) is 19.6 Å². The Balaban J connectivity index is 0.000000351. The highest BCUT2D eigenvalue weighted by atomic mass is 32.2. The van der Waals surface area contributed by atoms with Crippen molar-refractivity contribution in [2.75, 3.05) is 26.4 Å². The van der Waals surface area contributed by atoms with Crippen molar-refractivity contribution in [3.63, 3.8) is 0 Å². The molecule has 5 N–H and O–H groups in total. The first-order valence-electron chi connectivity index (χ1n) is 14.7. The third-order valence-corrected chi connectivity index (χ3v) is 8.49. The van der Waals surface area contributed by atoms with Crippen LogP contribution in [0, 0.1) is 5.82 Å². The summed E-state index contributed by atoms with van der Waals surface area (Å²) in [5, 5.41) is 35.6. The lowest BCUT2D eigenvalue weighted by atomic mass is 10.0. The Labute approximate surface area is 281 Å². The van der Waals surface area contributed by atoms with Gasteiger partial charge in [0.15, 0.2) is 0 Å². The molecule has 2 atom stereocenters. The predicted molar refractivity (Wildman–Crippen MR) is 183 cm³/mol. The number of rotatable bonds is 14. The molecule has 5 aromatic carbocycles. The second-order valence-electron chi connectivity index (χ2n) is 10.1. The Hall–Kier alpha value is -4.16. The molecule has 0 fully saturated rings. The minimum atomic E-state index is -0.897. The molecule has 0 radical (unpaired) electrons. The van der Waals surface area contributed by atoms with Crippen molar-refractivity contribution in [3.8, 4) is 11.5 Å². The van der Waals surface area contributed by atoms with E-state index in [1.165, 1.54) is 17.8 Å². The van der Waals surface area contributed by atoms with Gasteiger partial charge in [-0.25, -0.2) is 4.39 Å². The summed E-state index contributed by atoms with van der Waals surface area (Å²) in [6.45, 7) is -0.443. The molecule has 0 bridgehead atoms. The highest BCUT2D eigenvalue weighted by Crippen LogP contribution is 2.34. The Morgan fingerprint density at radius 1 is 0.596 bits per heavy atom. The van der Waals surface area contributed by atoms with Crippen molar-refractivity contribution >= 4 is 29.3 Å². The van der Waals surface area contributed by atoms with Crippen LogP contribution in [0.1, 0.15) is 11.1 Å². The highest BCUT2D eigenvalue weighted by molar-refractivity contribution is 7.99. The van der Waals surface area contributed by atoms with Gasteiger partial charge >= 0.3 is 5.78 Å². The molecule has 0 saturated heterocycles. The number of halogens is 1. The first kappa shape index (κ1) is 35.7. The number of carbonyl (C=O) groups excluding carboxylic acids is 1. The second kappa shape index (κ2) is 18.9. The molecule has 5 rings (SSSR count). The molecule has 0 aliphatic heterocycles. The summed E-state index contributed by atoms with van der Waals surface area (Å²) >= 11 is 2.91. The molecular formula is C37H36FO7S2+. The Morgan fingerprint density at radius 3 is 1.57 bits per heavy atom. The van der Waals surface area contributed by atoms with E-state index in [0.29, 0.717) is 27.5 Å². The first-order chi connectivity index (χ1) is 22.8. The maximum Gasteiger partial charge on any atom is 0.354 e. The molecule has 10 heteroatoms. The van der Waals surface area contributed by atoms with Gasteiger partial charge < -0.3 is 29.9 Å². The molecule has 0 spiro atoms. The maximum absolute atomic E-state index is 14.7. The Bertz CT molecular complexity index is 1650. The first-order valence-corrected chi connectivity index (χ1v) is 16.3. The fourth-order valence-corrected chi connectivity index (χ4v) is 5.58. The van der Waals surface area contributed by atoms with Gasteiger partial charge in [0.25, 0.3) is 0 Å². The highest BCUT2D eigenvalue weighted by Gasteiger charge is 2.18. The van der Waals surface area contributed by atoms with Crippen LogP contribution in [0.25, 0.3) is 0 Å². The molecule has 244 valence electrons. The number of ketones is 1.